The van der Waals surface area contributed by atoms with Gasteiger partial charge in [-0.3, -0.25) is 0 Å². The van der Waals surface area contributed by atoms with Crippen LogP contribution in [0, 0.1) is 0 Å². The number of likely N-dealkylation sites (tertiary alicyclic amines) is 1. The third kappa shape index (κ3) is 2.73. The largest absolute Gasteiger partial charge is 0.444 e. The Labute approximate surface area is 122 Å². The van der Waals surface area contributed by atoms with Gasteiger partial charge < -0.3 is 14.2 Å². The van der Waals surface area contributed by atoms with Gasteiger partial charge >= 0.3 is 6.09 Å². The molecule has 1 aromatic rings. The molecule has 0 spiro atoms. The highest BCUT2D eigenvalue weighted by atomic mass is 19.1. The molecule has 1 amide bonds. The molecule has 0 bridgehead atoms. The van der Waals surface area contributed by atoms with Crippen molar-refractivity contribution in [3.8, 4) is 0 Å². The topological polar surface area (TPSA) is 68.5 Å². The van der Waals surface area contributed by atoms with E-state index in [-0.39, 0.29) is 17.4 Å². The van der Waals surface area contributed by atoms with Gasteiger partial charge in [0.1, 0.15) is 11.8 Å². The lowest BCUT2D eigenvalue weighted by molar-refractivity contribution is -0.00837. The summed E-state index contributed by atoms with van der Waals surface area (Å²) in [5.41, 5.74) is -0.857. The van der Waals surface area contributed by atoms with Crippen LogP contribution in [0.15, 0.2) is 4.52 Å². The van der Waals surface area contributed by atoms with E-state index in [1.165, 1.54) is 0 Å². The van der Waals surface area contributed by atoms with E-state index in [1.54, 1.807) is 4.90 Å². The Morgan fingerprint density at radius 3 is 2.62 bits per heavy atom. The minimum absolute atomic E-state index is 0.239. The SMILES string of the molecule is CC(C)(C)OC(=O)N1CC(C)(c2noc([C@@H]3C[C@@H]3F)n2)C1. The molecule has 116 valence electrons. The molecule has 2 atom stereocenters. The molecule has 2 heterocycles. The summed E-state index contributed by atoms with van der Waals surface area (Å²) in [6.07, 6.45) is -0.733. The summed E-state index contributed by atoms with van der Waals surface area (Å²) in [5.74, 6) is 0.669. The standard InChI is InChI=1S/C14H20FN3O3/c1-13(2,3)20-12(19)18-6-14(4,7-18)11-16-10(21-17-11)8-5-9(8)15/h8-9H,5-7H2,1-4H3/t8-,9+/m1/s1. The van der Waals surface area contributed by atoms with Gasteiger partial charge in [0.05, 0.1) is 11.3 Å². The molecule has 0 radical (unpaired) electrons. The summed E-state index contributed by atoms with van der Waals surface area (Å²) in [6, 6.07) is 0. The summed E-state index contributed by atoms with van der Waals surface area (Å²) in [4.78, 5) is 17.8. The fourth-order valence-corrected chi connectivity index (χ4v) is 2.44. The molecule has 0 aromatic carbocycles. The monoisotopic (exact) mass is 297 g/mol. The average molecular weight is 297 g/mol. The highest BCUT2D eigenvalue weighted by Gasteiger charge is 2.49. The first kappa shape index (κ1) is 14.3. The molecular formula is C14H20FN3O3. The van der Waals surface area contributed by atoms with Crippen LogP contribution >= 0.6 is 0 Å². The van der Waals surface area contributed by atoms with Crippen molar-refractivity contribution in [2.75, 3.05) is 13.1 Å². The Kier molecular flexibility index (Phi) is 3.00. The number of nitrogens with zero attached hydrogens (tertiary/aromatic N) is 3. The second-order valence-electron chi connectivity index (χ2n) is 7.21. The van der Waals surface area contributed by atoms with Crippen LogP contribution in [0.25, 0.3) is 0 Å². The summed E-state index contributed by atoms with van der Waals surface area (Å²) in [7, 11) is 0. The number of hydrogen-bond donors (Lipinski definition) is 0. The molecule has 7 heteroatoms. The summed E-state index contributed by atoms with van der Waals surface area (Å²) >= 11 is 0. The summed E-state index contributed by atoms with van der Waals surface area (Å²) in [5, 5.41) is 3.94. The first-order chi connectivity index (χ1) is 9.68. The van der Waals surface area contributed by atoms with Crippen LogP contribution in [-0.4, -0.2) is 46.0 Å². The van der Waals surface area contributed by atoms with Gasteiger partial charge in [0.15, 0.2) is 5.82 Å². The Morgan fingerprint density at radius 2 is 2.10 bits per heavy atom. The molecule has 1 aromatic heterocycles. The molecule has 1 aliphatic heterocycles. The molecule has 3 rings (SSSR count). The van der Waals surface area contributed by atoms with Crippen LogP contribution < -0.4 is 0 Å². The van der Waals surface area contributed by atoms with Gasteiger partial charge in [-0.25, -0.2) is 9.18 Å². The number of halogens is 1. The van der Waals surface area contributed by atoms with E-state index in [0.29, 0.717) is 31.2 Å². The van der Waals surface area contributed by atoms with Crippen molar-refractivity contribution in [3.05, 3.63) is 11.7 Å². The number of carbonyl (C=O) groups excluding carboxylic acids is 1. The normalized spacial score (nSPS) is 27.2. The fourth-order valence-electron chi connectivity index (χ4n) is 2.44. The number of rotatable bonds is 2. The summed E-state index contributed by atoms with van der Waals surface area (Å²) in [6.45, 7) is 8.41. The van der Waals surface area contributed by atoms with E-state index in [9.17, 15) is 9.18 Å². The molecule has 0 N–H and O–H groups in total. The van der Waals surface area contributed by atoms with Gasteiger partial charge in [-0.05, 0) is 34.1 Å². The van der Waals surface area contributed by atoms with Crippen molar-refractivity contribution < 1.29 is 18.4 Å². The fraction of sp³-hybridized carbons (Fsp3) is 0.786. The van der Waals surface area contributed by atoms with Crippen LogP contribution in [0.4, 0.5) is 9.18 Å². The van der Waals surface area contributed by atoms with Crippen LogP contribution in [0.2, 0.25) is 0 Å². The zero-order valence-corrected chi connectivity index (χ0v) is 12.7. The van der Waals surface area contributed by atoms with Crippen molar-refractivity contribution in [3.63, 3.8) is 0 Å². The van der Waals surface area contributed by atoms with Crippen LogP contribution in [0.3, 0.4) is 0 Å². The Bertz CT molecular complexity index is 560. The first-order valence-corrected chi connectivity index (χ1v) is 7.14. The maximum absolute atomic E-state index is 13.0. The van der Waals surface area contributed by atoms with Gasteiger partial charge in [-0.1, -0.05) is 5.16 Å². The van der Waals surface area contributed by atoms with Crippen molar-refractivity contribution >= 4 is 6.09 Å². The molecule has 1 saturated carbocycles. The second kappa shape index (κ2) is 4.42. The predicted octanol–water partition coefficient (Wildman–Crippen LogP) is 2.40. The molecule has 6 nitrogen and oxygen atoms in total. The van der Waals surface area contributed by atoms with Gasteiger partial charge in [-0.15, -0.1) is 0 Å². The van der Waals surface area contributed by atoms with Gasteiger partial charge in [0.25, 0.3) is 0 Å². The highest BCUT2D eigenvalue weighted by molar-refractivity contribution is 5.70. The number of hydrogen-bond acceptors (Lipinski definition) is 5. The van der Waals surface area contributed by atoms with Crippen molar-refractivity contribution in [2.45, 2.75) is 57.2 Å². The third-order valence-electron chi connectivity index (χ3n) is 3.74. The van der Waals surface area contributed by atoms with Crippen molar-refractivity contribution in [2.24, 2.45) is 0 Å². The molecule has 2 fully saturated rings. The lowest BCUT2D eigenvalue weighted by Crippen LogP contribution is -2.60. The van der Waals surface area contributed by atoms with Crippen molar-refractivity contribution in [1.82, 2.24) is 15.0 Å². The highest BCUT2D eigenvalue weighted by Crippen LogP contribution is 2.43. The molecule has 2 aliphatic rings. The van der Waals surface area contributed by atoms with E-state index >= 15 is 0 Å². The predicted molar refractivity (Wildman–Crippen MR) is 71.7 cm³/mol. The van der Waals surface area contributed by atoms with Gasteiger partial charge in [0, 0.05) is 13.1 Å². The number of ether oxygens (including phenoxy) is 1. The van der Waals surface area contributed by atoms with E-state index < -0.39 is 11.8 Å². The molecular weight excluding hydrogens is 277 g/mol. The minimum atomic E-state index is -0.856. The molecule has 1 saturated heterocycles. The average Bonchev–Trinajstić information content (AvgIpc) is 2.86. The van der Waals surface area contributed by atoms with Crippen LogP contribution in [-0.2, 0) is 10.2 Å². The maximum atomic E-state index is 13.0. The van der Waals surface area contributed by atoms with Crippen LogP contribution in [0.1, 0.15) is 51.7 Å². The zero-order chi connectivity index (χ0) is 15.4. The Hall–Kier alpha value is -1.66. The number of aromatic nitrogens is 2. The van der Waals surface area contributed by atoms with Crippen molar-refractivity contribution in [1.29, 1.82) is 0 Å². The lowest BCUT2D eigenvalue weighted by atomic mass is 9.81. The molecule has 21 heavy (non-hydrogen) atoms. The van der Waals surface area contributed by atoms with E-state index in [1.807, 2.05) is 27.7 Å². The molecule has 1 aliphatic carbocycles. The Balaban J connectivity index is 1.61. The minimum Gasteiger partial charge on any atom is -0.444 e. The smallest absolute Gasteiger partial charge is 0.410 e. The lowest BCUT2D eigenvalue weighted by Gasteiger charge is -2.45. The first-order valence-electron chi connectivity index (χ1n) is 7.14. The second-order valence-corrected chi connectivity index (χ2v) is 7.21. The molecule has 0 unspecified atom stereocenters. The van der Waals surface area contributed by atoms with Gasteiger partial charge in [-0.2, -0.15) is 4.98 Å². The van der Waals surface area contributed by atoms with Gasteiger partial charge in [0.2, 0.25) is 5.89 Å². The van der Waals surface area contributed by atoms with Crippen LogP contribution in [0.5, 0.6) is 0 Å². The number of alkyl halides is 1. The van der Waals surface area contributed by atoms with E-state index in [2.05, 4.69) is 10.1 Å². The zero-order valence-electron chi connectivity index (χ0n) is 12.7. The maximum Gasteiger partial charge on any atom is 0.410 e. The van der Waals surface area contributed by atoms with E-state index in [0.717, 1.165) is 0 Å². The van der Waals surface area contributed by atoms with E-state index in [4.69, 9.17) is 9.26 Å². The number of carbonyl (C=O) groups is 1. The third-order valence-corrected chi connectivity index (χ3v) is 3.74. The number of amides is 1. The Morgan fingerprint density at radius 1 is 1.48 bits per heavy atom. The summed E-state index contributed by atoms with van der Waals surface area (Å²) < 4.78 is 23.4. The quantitative estimate of drug-likeness (QED) is 0.838.